The number of rotatable bonds is 9. The van der Waals surface area contributed by atoms with E-state index >= 15 is 0 Å². The fraction of sp³-hybridized carbons (Fsp3) is 0.278. The Labute approximate surface area is 171 Å². The molecular weight excluding hydrogens is 396 g/mol. The van der Waals surface area contributed by atoms with Crippen molar-refractivity contribution in [3.63, 3.8) is 0 Å². The monoisotopic (exact) mass is 416 g/mol. The van der Waals surface area contributed by atoms with Crippen LogP contribution in [0.5, 0.6) is 5.75 Å². The number of nitrogens with one attached hydrogen (secondary N) is 1. The van der Waals surface area contributed by atoms with Crippen molar-refractivity contribution in [1.82, 2.24) is 25.0 Å². The lowest BCUT2D eigenvalue weighted by Gasteiger charge is -2.12. The molecule has 0 saturated carbocycles. The molecule has 0 radical (unpaired) electrons. The van der Waals surface area contributed by atoms with Gasteiger partial charge in [-0.05, 0) is 25.0 Å². The van der Waals surface area contributed by atoms with Crippen LogP contribution in [0.1, 0.15) is 17.0 Å². The van der Waals surface area contributed by atoms with E-state index in [0.29, 0.717) is 22.7 Å². The van der Waals surface area contributed by atoms with Gasteiger partial charge in [-0.2, -0.15) is 0 Å². The lowest BCUT2D eigenvalue weighted by Crippen LogP contribution is -2.15. The van der Waals surface area contributed by atoms with Crippen LogP contribution in [0.3, 0.4) is 0 Å². The number of carbonyl (C=O) groups is 1. The zero-order valence-corrected chi connectivity index (χ0v) is 17.2. The SMILES string of the molecule is C=CCn1c(COc2c(C)cccc2C)nnc1SCC(=O)Nc1nncs1. The highest BCUT2D eigenvalue weighted by atomic mass is 32.2. The van der Waals surface area contributed by atoms with Crippen LogP contribution in [0.4, 0.5) is 5.13 Å². The van der Waals surface area contributed by atoms with E-state index in [-0.39, 0.29) is 18.3 Å². The minimum atomic E-state index is -0.178. The summed E-state index contributed by atoms with van der Waals surface area (Å²) in [5.41, 5.74) is 3.70. The van der Waals surface area contributed by atoms with Gasteiger partial charge in [-0.25, -0.2) is 0 Å². The number of para-hydroxylation sites is 1. The molecule has 1 amide bonds. The Morgan fingerprint density at radius 3 is 2.79 bits per heavy atom. The van der Waals surface area contributed by atoms with E-state index in [2.05, 4.69) is 32.3 Å². The van der Waals surface area contributed by atoms with Crippen molar-refractivity contribution >= 4 is 34.1 Å². The predicted molar refractivity (Wildman–Crippen MR) is 110 cm³/mol. The Morgan fingerprint density at radius 2 is 2.11 bits per heavy atom. The predicted octanol–water partition coefficient (Wildman–Crippen LogP) is 3.24. The maximum atomic E-state index is 12.1. The van der Waals surface area contributed by atoms with Crippen molar-refractivity contribution in [3.05, 3.63) is 53.3 Å². The molecule has 2 heterocycles. The second kappa shape index (κ2) is 9.47. The molecule has 0 spiro atoms. The van der Waals surface area contributed by atoms with Crippen molar-refractivity contribution < 1.29 is 9.53 Å². The third-order valence-electron chi connectivity index (χ3n) is 3.80. The molecule has 1 aromatic carbocycles. The smallest absolute Gasteiger partial charge is 0.236 e. The van der Waals surface area contributed by atoms with E-state index in [1.807, 2.05) is 36.6 Å². The first-order valence-electron chi connectivity index (χ1n) is 8.49. The Hall–Kier alpha value is -2.72. The molecule has 146 valence electrons. The number of anilines is 1. The quantitative estimate of drug-likeness (QED) is 0.423. The van der Waals surface area contributed by atoms with Gasteiger partial charge in [0.15, 0.2) is 11.0 Å². The van der Waals surface area contributed by atoms with Crippen LogP contribution in [0.15, 0.2) is 41.5 Å². The zero-order chi connectivity index (χ0) is 19.9. The normalized spacial score (nSPS) is 10.6. The van der Waals surface area contributed by atoms with Gasteiger partial charge < -0.3 is 4.74 Å². The van der Waals surface area contributed by atoms with Gasteiger partial charge in [-0.1, -0.05) is 47.4 Å². The average Bonchev–Trinajstić information content (AvgIpc) is 3.30. The zero-order valence-electron chi connectivity index (χ0n) is 15.6. The van der Waals surface area contributed by atoms with Gasteiger partial charge in [0, 0.05) is 6.54 Å². The van der Waals surface area contributed by atoms with Gasteiger partial charge in [0.2, 0.25) is 11.0 Å². The van der Waals surface area contributed by atoms with Gasteiger partial charge in [-0.3, -0.25) is 14.7 Å². The van der Waals surface area contributed by atoms with Crippen LogP contribution in [-0.2, 0) is 17.9 Å². The van der Waals surface area contributed by atoms with Gasteiger partial charge in [0.1, 0.15) is 17.9 Å². The lowest BCUT2D eigenvalue weighted by atomic mass is 10.1. The molecule has 8 nitrogen and oxygen atoms in total. The Bertz CT molecular complexity index is 935. The van der Waals surface area contributed by atoms with Crippen molar-refractivity contribution in [1.29, 1.82) is 0 Å². The number of aryl methyl sites for hydroxylation is 2. The topological polar surface area (TPSA) is 94.8 Å². The molecule has 0 aliphatic rings. The summed E-state index contributed by atoms with van der Waals surface area (Å²) in [6.07, 6.45) is 1.76. The first-order chi connectivity index (χ1) is 13.6. The van der Waals surface area contributed by atoms with Crippen LogP contribution < -0.4 is 10.1 Å². The molecule has 0 aliphatic heterocycles. The number of aromatic nitrogens is 5. The maximum Gasteiger partial charge on any atom is 0.236 e. The molecule has 28 heavy (non-hydrogen) atoms. The maximum absolute atomic E-state index is 12.1. The van der Waals surface area contributed by atoms with Crippen molar-refractivity contribution in [2.45, 2.75) is 32.2 Å². The molecule has 0 saturated heterocycles. The highest BCUT2D eigenvalue weighted by Crippen LogP contribution is 2.24. The molecule has 0 bridgehead atoms. The van der Waals surface area contributed by atoms with E-state index in [4.69, 9.17) is 4.74 Å². The summed E-state index contributed by atoms with van der Waals surface area (Å²) in [6.45, 7) is 8.62. The summed E-state index contributed by atoms with van der Waals surface area (Å²) in [6, 6.07) is 6.02. The Balaban J connectivity index is 1.65. The summed E-state index contributed by atoms with van der Waals surface area (Å²) >= 11 is 2.56. The van der Waals surface area contributed by atoms with E-state index in [1.54, 1.807) is 11.6 Å². The van der Waals surface area contributed by atoms with Crippen molar-refractivity contribution in [3.8, 4) is 5.75 Å². The molecule has 0 unspecified atom stereocenters. The average molecular weight is 417 g/mol. The number of allylic oxidation sites excluding steroid dienone is 1. The lowest BCUT2D eigenvalue weighted by molar-refractivity contribution is -0.113. The van der Waals surface area contributed by atoms with Crippen molar-refractivity contribution in [2.24, 2.45) is 0 Å². The minimum Gasteiger partial charge on any atom is -0.485 e. The van der Waals surface area contributed by atoms with E-state index in [9.17, 15) is 4.79 Å². The largest absolute Gasteiger partial charge is 0.485 e. The van der Waals surface area contributed by atoms with Crippen LogP contribution >= 0.6 is 23.1 Å². The van der Waals surface area contributed by atoms with E-state index in [1.165, 1.54) is 23.1 Å². The first kappa shape index (κ1) is 20.0. The summed E-state index contributed by atoms with van der Waals surface area (Å²) in [4.78, 5) is 12.1. The number of carbonyl (C=O) groups excluding carboxylic acids is 1. The van der Waals surface area contributed by atoms with Crippen molar-refractivity contribution in [2.75, 3.05) is 11.1 Å². The number of hydrogen-bond donors (Lipinski definition) is 1. The van der Waals surface area contributed by atoms with Gasteiger partial charge in [-0.15, -0.1) is 27.0 Å². The van der Waals surface area contributed by atoms with Crippen LogP contribution in [0.2, 0.25) is 0 Å². The van der Waals surface area contributed by atoms with Gasteiger partial charge in [0.25, 0.3) is 0 Å². The summed E-state index contributed by atoms with van der Waals surface area (Å²) in [5, 5.41) is 19.7. The number of hydrogen-bond acceptors (Lipinski definition) is 8. The number of ether oxygens (including phenoxy) is 1. The second-order valence-corrected chi connectivity index (χ2v) is 7.66. The molecule has 1 N–H and O–H groups in total. The summed E-state index contributed by atoms with van der Waals surface area (Å²) in [5.74, 6) is 1.53. The number of nitrogens with zero attached hydrogens (tertiary/aromatic N) is 5. The summed E-state index contributed by atoms with van der Waals surface area (Å²) in [7, 11) is 0. The van der Waals surface area contributed by atoms with Gasteiger partial charge >= 0.3 is 0 Å². The third kappa shape index (κ3) is 4.96. The number of amides is 1. The fourth-order valence-electron chi connectivity index (χ4n) is 2.52. The minimum absolute atomic E-state index is 0.178. The molecule has 3 aromatic rings. The first-order valence-corrected chi connectivity index (χ1v) is 10.4. The van der Waals surface area contributed by atoms with Crippen LogP contribution in [-0.4, -0.2) is 36.6 Å². The van der Waals surface area contributed by atoms with Crippen LogP contribution in [0.25, 0.3) is 0 Å². The molecule has 2 aromatic heterocycles. The fourth-order valence-corrected chi connectivity index (χ4v) is 3.75. The Morgan fingerprint density at radius 1 is 1.32 bits per heavy atom. The molecule has 10 heteroatoms. The second-order valence-electron chi connectivity index (χ2n) is 5.89. The van der Waals surface area contributed by atoms with Gasteiger partial charge in [0.05, 0.1) is 5.75 Å². The number of benzene rings is 1. The van der Waals surface area contributed by atoms with E-state index < -0.39 is 0 Å². The highest BCUT2D eigenvalue weighted by Gasteiger charge is 2.15. The van der Waals surface area contributed by atoms with E-state index in [0.717, 1.165) is 16.9 Å². The molecular formula is C18H20N6O2S2. The summed E-state index contributed by atoms with van der Waals surface area (Å²) < 4.78 is 7.88. The molecule has 0 aliphatic carbocycles. The molecule has 0 fully saturated rings. The third-order valence-corrected chi connectivity index (χ3v) is 5.37. The Kier molecular flexibility index (Phi) is 6.77. The molecule has 0 atom stereocenters. The highest BCUT2D eigenvalue weighted by molar-refractivity contribution is 7.99. The molecule has 3 rings (SSSR count). The standard InChI is InChI=1S/C18H20N6O2S2/c1-4-8-24-14(9-26-16-12(2)6-5-7-13(16)3)21-23-18(24)27-10-15(25)20-17-22-19-11-28-17/h4-7,11H,1,8-10H2,2-3H3,(H,20,22,25). The van der Waals surface area contributed by atoms with Crippen LogP contribution in [0, 0.1) is 13.8 Å². The number of thioether (sulfide) groups is 1.